The predicted octanol–water partition coefficient (Wildman–Crippen LogP) is 3.48. The summed E-state index contributed by atoms with van der Waals surface area (Å²) in [7, 11) is 0. The molecule has 1 atom stereocenters. The number of aryl methyl sites for hydroxylation is 1. The molecule has 4 aromatic heterocycles. The molecular formula is C23H24FN5O2. The molecule has 0 aromatic carbocycles. The maximum atomic E-state index is 14.2. The second-order valence-electron chi connectivity index (χ2n) is 8.16. The third kappa shape index (κ3) is 3.46. The summed E-state index contributed by atoms with van der Waals surface area (Å²) in [6, 6.07) is 7.42. The van der Waals surface area contributed by atoms with Gasteiger partial charge in [-0.1, -0.05) is 6.92 Å². The summed E-state index contributed by atoms with van der Waals surface area (Å²) in [5.41, 5.74) is 1.35. The highest BCUT2D eigenvalue weighted by Gasteiger charge is 2.23. The van der Waals surface area contributed by atoms with Crippen molar-refractivity contribution in [2.75, 3.05) is 31.1 Å². The van der Waals surface area contributed by atoms with Crippen LogP contribution in [-0.2, 0) is 0 Å². The maximum absolute atomic E-state index is 14.2. The molecule has 4 aromatic rings. The van der Waals surface area contributed by atoms with Gasteiger partial charge in [0.05, 0.1) is 11.3 Å². The fraction of sp³-hybridized carbons (Fsp3) is 0.348. The van der Waals surface area contributed by atoms with Gasteiger partial charge < -0.3 is 13.7 Å². The molecule has 0 radical (unpaired) electrons. The molecular weight excluding hydrogens is 397 g/mol. The van der Waals surface area contributed by atoms with Crippen molar-refractivity contribution >= 4 is 22.6 Å². The van der Waals surface area contributed by atoms with Crippen LogP contribution in [0.2, 0.25) is 0 Å². The number of nitrogens with zero attached hydrogens (tertiary/aromatic N) is 5. The Labute approximate surface area is 178 Å². The lowest BCUT2D eigenvalue weighted by molar-refractivity contribution is 0.199. The molecule has 1 saturated heterocycles. The van der Waals surface area contributed by atoms with E-state index in [0.29, 0.717) is 22.8 Å². The minimum absolute atomic E-state index is 0.175. The van der Waals surface area contributed by atoms with Gasteiger partial charge in [0, 0.05) is 43.5 Å². The zero-order chi connectivity index (χ0) is 21.7. The van der Waals surface area contributed by atoms with Gasteiger partial charge in [-0.05, 0) is 50.2 Å². The van der Waals surface area contributed by atoms with Crippen molar-refractivity contribution in [2.24, 2.45) is 0 Å². The van der Waals surface area contributed by atoms with Crippen LogP contribution in [0.3, 0.4) is 0 Å². The second-order valence-corrected chi connectivity index (χ2v) is 8.16. The van der Waals surface area contributed by atoms with Crippen molar-refractivity contribution < 1.29 is 8.81 Å². The quantitative estimate of drug-likeness (QED) is 0.505. The monoisotopic (exact) mass is 421 g/mol. The molecule has 1 aliphatic rings. The van der Waals surface area contributed by atoms with Gasteiger partial charge in [0.25, 0.3) is 0 Å². The summed E-state index contributed by atoms with van der Waals surface area (Å²) in [5.74, 6) is 0.372. The lowest BCUT2D eigenvalue weighted by Crippen LogP contribution is -2.51. The largest absolute Gasteiger partial charge is 0.403 e. The third-order valence-corrected chi connectivity index (χ3v) is 6.00. The van der Waals surface area contributed by atoms with E-state index in [9.17, 15) is 9.18 Å². The molecule has 1 fully saturated rings. The van der Waals surface area contributed by atoms with Crippen LogP contribution in [0.4, 0.5) is 10.2 Å². The Morgan fingerprint density at radius 2 is 2.03 bits per heavy atom. The summed E-state index contributed by atoms with van der Waals surface area (Å²) in [4.78, 5) is 26.3. The van der Waals surface area contributed by atoms with Gasteiger partial charge in [-0.2, -0.15) is 4.98 Å². The first kappa shape index (κ1) is 19.7. The fourth-order valence-electron chi connectivity index (χ4n) is 4.34. The van der Waals surface area contributed by atoms with Gasteiger partial charge in [0.2, 0.25) is 5.71 Å². The summed E-state index contributed by atoms with van der Waals surface area (Å²) in [6.07, 6.45) is 3.41. The molecule has 0 unspecified atom stereocenters. The molecule has 8 heteroatoms. The summed E-state index contributed by atoms with van der Waals surface area (Å²) in [6.45, 7) is 9.95. The number of fused-ring (bicyclic) bond motifs is 2. The summed E-state index contributed by atoms with van der Waals surface area (Å²) < 4.78 is 21.4. The van der Waals surface area contributed by atoms with E-state index < -0.39 is 11.4 Å². The molecule has 0 bridgehead atoms. The second kappa shape index (κ2) is 7.46. The van der Waals surface area contributed by atoms with Crippen LogP contribution in [0.1, 0.15) is 19.4 Å². The first-order valence-corrected chi connectivity index (χ1v) is 10.5. The molecule has 7 nitrogen and oxygen atoms in total. The lowest BCUT2D eigenvalue weighted by Gasteiger charge is -2.39. The van der Waals surface area contributed by atoms with Crippen molar-refractivity contribution in [1.82, 2.24) is 19.3 Å². The average molecular weight is 421 g/mol. The highest BCUT2D eigenvalue weighted by molar-refractivity contribution is 5.80. The van der Waals surface area contributed by atoms with Crippen LogP contribution in [0, 0.1) is 12.7 Å². The summed E-state index contributed by atoms with van der Waals surface area (Å²) in [5, 5.41) is 0.701. The third-order valence-electron chi connectivity index (χ3n) is 6.00. The normalized spacial score (nSPS) is 17.7. The van der Waals surface area contributed by atoms with Crippen molar-refractivity contribution in [3.63, 3.8) is 0 Å². The van der Waals surface area contributed by atoms with Gasteiger partial charge in [0.15, 0.2) is 11.5 Å². The van der Waals surface area contributed by atoms with Crippen molar-refractivity contribution in [3.8, 4) is 11.3 Å². The Morgan fingerprint density at radius 3 is 2.81 bits per heavy atom. The Balaban J connectivity index is 1.51. The van der Waals surface area contributed by atoms with E-state index in [4.69, 9.17) is 4.42 Å². The molecule has 0 amide bonds. The molecule has 0 N–H and O–H groups in total. The van der Waals surface area contributed by atoms with Crippen LogP contribution in [-0.4, -0.2) is 51.5 Å². The van der Waals surface area contributed by atoms with E-state index in [0.717, 1.165) is 37.6 Å². The fourth-order valence-corrected chi connectivity index (χ4v) is 4.34. The minimum atomic E-state index is -0.540. The molecule has 0 aliphatic carbocycles. The number of halogens is 1. The Kier molecular flexibility index (Phi) is 4.74. The van der Waals surface area contributed by atoms with Gasteiger partial charge >= 0.3 is 5.63 Å². The van der Waals surface area contributed by atoms with Crippen molar-refractivity contribution in [2.45, 2.75) is 26.8 Å². The van der Waals surface area contributed by atoms with E-state index in [1.807, 2.05) is 12.1 Å². The summed E-state index contributed by atoms with van der Waals surface area (Å²) >= 11 is 0. The molecule has 5 heterocycles. The van der Waals surface area contributed by atoms with Gasteiger partial charge in [-0.25, -0.2) is 14.2 Å². The maximum Gasteiger partial charge on any atom is 0.347 e. The van der Waals surface area contributed by atoms with Gasteiger partial charge in [-0.3, -0.25) is 4.90 Å². The van der Waals surface area contributed by atoms with Gasteiger partial charge in [0.1, 0.15) is 5.82 Å². The SMILES string of the molecule is CCN1CCN(c2ccc3cc(-c4cn5cc(C)cc(F)c5n4)c(=O)oc3n2)C[C@@H]1C. The van der Waals surface area contributed by atoms with Crippen LogP contribution in [0.5, 0.6) is 0 Å². The highest BCUT2D eigenvalue weighted by Crippen LogP contribution is 2.24. The molecule has 31 heavy (non-hydrogen) atoms. The number of rotatable bonds is 3. The number of imidazole rings is 1. The number of piperazine rings is 1. The Bertz CT molecular complexity index is 1350. The van der Waals surface area contributed by atoms with E-state index >= 15 is 0 Å². The zero-order valence-electron chi connectivity index (χ0n) is 17.8. The highest BCUT2D eigenvalue weighted by atomic mass is 19.1. The smallest absolute Gasteiger partial charge is 0.347 e. The number of likely N-dealkylation sites (N-methyl/N-ethyl adjacent to an activating group) is 1. The average Bonchev–Trinajstić information content (AvgIpc) is 3.17. The number of aromatic nitrogens is 3. The van der Waals surface area contributed by atoms with Crippen LogP contribution < -0.4 is 10.5 Å². The number of hydrogen-bond acceptors (Lipinski definition) is 6. The zero-order valence-corrected chi connectivity index (χ0v) is 17.8. The topological polar surface area (TPSA) is 66.9 Å². The van der Waals surface area contributed by atoms with Crippen LogP contribution in [0.15, 0.2) is 45.9 Å². The van der Waals surface area contributed by atoms with Gasteiger partial charge in [-0.15, -0.1) is 0 Å². The number of anilines is 1. The minimum Gasteiger partial charge on any atom is -0.403 e. The molecule has 5 rings (SSSR count). The first-order valence-electron chi connectivity index (χ1n) is 10.5. The van der Waals surface area contributed by atoms with E-state index in [-0.39, 0.29) is 11.2 Å². The van der Waals surface area contributed by atoms with Crippen molar-refractivity contribution in [1.29, 1.82) is 0 Å². The van der Waals surface area contributed by atoms with Crippen LogP contribution in [0.25, 0.3) is 28.0 Å². The number of hydrogen-bond donors (Lipinski definition) is 0. The lowest BCUT2D eigenvalue weighted by atomic mass is 10.1. The molecule has 0 saturated carbocycles. The first-order chi connectivity index (χ1) is 14.9. The van der Waals surface area contributed by atoms with Crippen molar-refractivity contribution in [3.05, 3.63) is 58.5 Å². The van der Waals surface area contributed by atoms with Crippen LogP contribution >= 0.6 is 0 Å². The Morgan fingerprint density at radius 1 is 1.19 bits per heavy atom. The molecule has 0 spiro atoms. The molecule has 160 valence electrons. The van der Waals surface area contributed by atoms with E-state index in [2.05, 4.69) is 33.6 Å². The Hall–Kier alpha value is -3.26. The number of pyridine rings is 2. The predicted molar refractivity (Wildman–Crippen MR) is 118 cm³/mol. The standard InChI is InChI=1S/C23H24FN5O2/c1-4-27-7-8-28(12-15(27)3)20-6-5-16-10-17(23(30)31-22(16)26-20)19-13-29-11-14(2)9-18(24)21(29)25-19/h5-6,9-11,13,15H,4,7-8,12H2,1-3H3/t15-/m0/s1. The van der Waals surface area contributed by atoms with E-state index in [1.165, 1.54) is 6.07 Å². The molecule has 1 aliphatic heterocycles. The van der Waals surface area contributed by atoms with E-state index in [1.54, 1.807) is 29.8 Å².